The van der Waals surface area contributed by atoms with Crippen LogP contribution in [0.2, 0.25) is 0 Å². The molecule has 7 nitrogen and oxygen atoms in total. The van der Waals surface area contributed by atoms with E-state index in [-0.39, 0.29) is 22.4 Å². The smallest absolute Gasteiger partial charge is 0.243 e. The van der Waals surface area contributed by atoms with Gasteiger partial charge in [0.15, 0.2) is 9.84 Å². The van der Waals surface area contributed by atoms with E-state index >= 15 is 0 Å². The van der Waals surface area contributed by atoms with Crippen molar-refractivity contribution < 1.29 is 26.8 Å². The van der Waals surface area contributed by atoms with Crippen LogP contribution in [0.4, 0.5) is 0 Å². The van der Waals surface area contributed by atoms with Crippen LogP contribution in [0.15, 0.2) is 29.2 Å². The van der Waals surface area contributed by atoms with Crippen LogP contribution >= 0.6 is 0 Å². The van der Waals surface area contributed by atoms with Gasteiger partial charge < -0.3 is 10.0 Å². The summed E-state index contributed by atoms with van der Waals surface area (Å²) in [5.41, 5.74) is 1.000. The third-order valence-electron chi connectivity index (χ3n) is 4.87. The van der Waals surface area contributed by atoms with Gasteiger partial charge in [0.1, 0.15) is 17.9 Å². The summed E-state index contributed by atoms with van der Waals surface area (Å²) in [7, 11) is -6.71. The first-order valence-corrected chi connectivity index (χ1v) is 11.2. The van der Waals surface area contributed by atoms with Gasteiger partial charge in [0, 0.05) is 0 Å². The molecule has 134 valence electrons. The second-order valence-corrected chi connectivity index (χ2v) is 10.7. The molecule has 2 saturated heterocycles. The van der Waals surface area contributed by atoms with E-state index in [2.05, 4.69) is 0 Å². The third kappa shape index (κ3) is 3.50. The highest BCUT2D eigenvalue weighted by molar-refractivity contribution is 7.91. The van der Waals surface area contributed by atoms with Crippen molar-refractivity contribution in [2.24, 2.45) is 0 Å². The number of aryl methyl sites for hydroxylation is 1. The quantitative estimate of drug-likeness (QED) is 0.640. The molecule has 0 radical (unpaired) electrons. The minimum Gasteiger partial charge on any atom is -0.386 e. The fourth-order valence-corrected chi connectivity index (χ4v) is 6.80. The van der Waals surface area contributed by atoms with Crippen LogP contribution in [0.3, 0.4) is 0 Å². The van der Waals surface area contributed by atoms with E-state index in [4.69, 9.17) is 0 Å². The summed E-state index contributed by atoms with van der Waals surface area (Å²) in [4.78, 5) is 1.25. The van der Waals surface area contributed by atoms with Crippen molar-refractivity contribution in [2.75, 3.05) is 37.7 Å². The van der Waals surface area contributed by atoms with Crippen molar-refractivity contribution in [1.29, 1.82) is 0 Å². The lowest BCUT2D eigenvalue weighted by Gasteiger charge is -2.35. The molecular weight excluding hydrogens is 352 g/mol. The van der Waals surface area contributed by atoms with Crippen molar-refractivity contribution in [3.05, 3.63) is 29.8 Å². The minimum atomic E-state index is -3.52. The fourth-order valence-electron chi connectivity index (χ4n) is 3.46. The summed E-state index contributed by atoms with van der Waals surface area (Å²) in [6.07, 6.45) is -0.856. The maximum absolute atomic E-state index is 12.7. The molecule has 2 aliphatic heterocycles. The van der Waals surface area contributed by atoms with E-state index in [1.165, 1.54) is 4.31 Å². The molecule has 1 aromatic carbocycles. The maximum Gasteiger partial charge on any atom is 0.243 e. The number of nitrogens with one attached hydrogen (secondary N) is 1. The van der Waals surface area contributed by atoms with E-state index in [0.29, 0.717) is 26.2 Å². The van der Waals surface area contributed by atoms with Crippen LogP contribution in [0.25, 0.3) is 0 Å². The average Bonchev–Trinajstić information content (AvgIpc) is 2.81. The van der Waals surface area contributed by atoms with Gasteiger partial charge in [-0.1, -0.05) is 17.7 Å². The summed E-state index contributed by atoms with van der Waals surface area (Å²) < 4.78 is 50.1. The molecule has 2 N–H and O–H groups in total. The molecule has 9 heteroatoms. The summed E-state index contributed by atoms with van der Waals surface area (Å²) in [5, 5.41) is 9.97. The Morgan fingerprint density at radius 3 is 2.21 bits per heavy atom. The second kappa shape index (κ2) is 6.38. The van der Waals surface area contributed by atoms with Crippen LogP contribution in [-0.2, 0) is 19.9 Å². The Morgan fingerprint density at radius 2 is 1.71 bits per heavy atom. The number of sulfonamides is 1. The molecule has 2 heterocycles. The Labute approximate surface area is 142 Å². The van der Waals surface area contributed by atoms with Gasteiger partial charge >= 0.3 is 0 Å². The highest BCUT2D eigenvalue weighted by Gasteiger charge is 2.44. The van der Waals surface area contributed by atoms with E-state index in [1.807, 2.05) is 6.92 Å². The number of sulfone groups is 1. The molecule has 0 unspecified atom stereocenters. The van der Waals surface area contributed by atoms with Crippen molar-refractivity contribution in [2.45, 2.75) is 24.0 Å². The number of hydrogen-bond acceptors (Lipinski definition) is 5. The number of aliphatic hydroxyl groups excluding tert-OH is 1. The van der Waals surface area contributed by atoms with Gasteiger partial charge in [0.05, 0.1) is 36.8 Å². The molecule has 2 aliphatic rings. The number of nitrogens with zero attached hydrogens (tertiary/aromatic N) is 1. The lowest BCUT2D eigenvalue weighted by molar-refractivity contribution is -0.928. The largest absolute Gasteiger partial charge is 0.386 e. The number of piperazine rings is 1. The molecule has 0 aromatic heterocycles. The SMILES string of the molecule is Cc1ccc(S(=O)(=O)N2CC[NH+]([C@@H]3CS(=O)(=O)C[C@@H]3O)CC2)cc1. The first-order chi connectivity index (χ1) is 11.2. The molecule has 0 spiro atoms. The zero-order chi connectivity index (χ0) is 17.5. The topological polar surface area (TPSA) is 96.2 Å². The van der Waals surface area contributed by atoms with E-state index in [0.717, 1.165) is 10.5 Å². The predicted octanol–water partition coefficient (Wildman–Crippen LogP) is -1.96. The van der Waals surface area contributed by atoms with Crippen LogP contribution in [0.1, 0.15) is 5.56 Å². The Kier molecular flexibility index (Phi) is 4.73. The molecule has 2 fully saturated rings. The first-order valence-electron chi connectivity index (χ1n) is 7.99. The zero-order valence-electron chi connectivity index (χ0n) is 13.6. The van der Waals surface area contributed by atoms with Crippen LogP contribution in [-0.4, -0.2) is 76.1 Å². The number of benzene rings is 1. The van der Waals surface area contributed by atoms with E-state index < -0.39 is 26.0 Å². The molecule has 0 saturated carbocycles. The maximum atomic E-state index is 12.7. The molecule has 2 atom stereocenters. The molecule has 0 bridgehead atoms. The number of hydrogen-bond donors (Lipinski definition) is 2. The molecule has 3 rings (SSSR count). The van der Waals surface area contributed by atoms with Crippen LogP contribution in [0, 0.1) is 6.92 Å². The molecule has 0 aliphatic carbocycles. The van der Waals surface area contributed by atoms with Gasteiger partial charge in [-0.05, 0) is 19.1 Å². The summed E-state index contributed by atoms with van der Waals surface area (Å²) >= 11 is 0. The Bertz CT molecular complexity index is 797. The van der Waals surface area contributed by atoms with E-state index in [9.17, 15) is 21.9 Å². The monoisotopic (exact) mass is 375 g/mol. The second-order valence-electron chi connectivity index (χ2n) is 6.63. The summed E-state index contributed by atoms with van der Waals surface area (Å²) in [6, 6.07) is 6.41. The Hall–Kier alpha value is -1.00. The summed E-state index contributed by atoms with van der Waals surface area (Å²) in [5.74, 6) is -0.208. The van der Waals surface area contributed by atoms with Gasteiger partial charge in [-0.2, -0.15) is 4.31 Å². The highest BCUT2D eigenvalue weighted by atomic mass is 32.2. The Morgan fingerprint density at radius 1 is 1.12 bits per heavy atom. The van der Waals surface area contributed by atoms with Crippen LogP contribution in [0.5, 0.6) is 0 Å². The van der Waals surface area contributed by atoms with Gasteiger partial charge in [-0.3, -0.25) is 0 Å². The number of aliphatic hydroxyl groups is 1. The average molecular weight is 375 g/mol. The van der Waals surface area contributed by atoms with Gasteiger partial charge in [-0.25, -0.2) is 16.8 Å². The predicted molar refractivity (Wildman–Crippen MR) is 89.1 cm³/mol. The standard InChI is InChI=1S/C15H22N2O5S2/c1-12-2-4-13(5-3-12)24(21,22)17-8-6-16(7-9-17)14-10-23(19,20)11-15(14)18/h2-5,14-15,18H,6-11H2,1H3/p+1/t14-,15+/m1/s1. The Balaban J connectivity index is 1.68. The molecule has 0 amide bonds. The van der Waals surface area contributed by atoms with Crippen molar-refractivity contribution in [1.82, 2.24) is 4.31 Å². The lowest BCUT2D eigenvalue weighted by Crippen LogP contribution is -3.19. The normalized spacial score (nSPS) is 28.9. The van der Waals surface area contributed by atoms with E-state index in [1.54, 1.807) is 24.3 Å². The van der Waals surface area contributed by atoms with Gasteiger partial charge in [0.25, 0.3) is 0 Å². The fraction of sp³-hybridized carbons (Fsp3) is 0.600. The number of quaternary nitrogens is 1. The van der Waals surface area contributed by atoms with Gasteiger partial charge in [0.2, 0.25) is 10.0 Å². The zero-order valence-corrected chi connectivity index (χ0v) is 15.2. The number of rotatable bonds is 3. The molecular formula is C15H23N2O5S2+. The van der Waals surface area contributed by atoms with Crippen molar-refractivity contribution in [3.63, 3.8) is 0 Å². The van der Waals surface area contributed by atoms with Crippen molar-refractivity contribution in [3.8, 4) is 0 Å². The highest BCUT2D eigenvalue weighted by Crippen LogP contribution is 2.17. The third-order valence-corrected chi connectivity index (χ3v) is 8.50. The summed E-state index contributed by atoms with van der Waals surface area (Å²) in [6.45, 7) is 3.56. The molecule has 1 aromatic rings. The first kappa shape index (κ1) is 17.8. The molecule has 24 heavy (non-hydrogen) atoms. The van der Waals surface area contributed by atoms with Crippen LogP contribution < -0.4 is 4.90 Å². The lowest BCUT2D eigenvalue weighted by atomic mass is 10.1. The van der Waals surface area contributed by atoms with Crippen molar-refractivity contribution >= 4 is 19.9 Å². The minimum absolute atomic E-state index is 0.0196. The van der Waals surface area contributed by atoms with Gasteiger partial charge in [-0.15, -0.1) is 0 Å².